The van der Waals surface area contributed by atoms with E-state index in [1.165, 1.54) is 0 Å². The molecule has 0 aromatic carbocycles. The van der Waals surface area contributed by atoms with Crippen molar-refractivity contribution in [3.63, 3.8) is 0 Å². The zero-order chi connectivity index (χ0) is 52.9. The van der Waals surface area contributed by atoms with E-state index in [1.807, 2.05) is 0 Å². The van der Waals surface area contributed by atoms with Gasteiger partial charge in [-0.1, -0.05) is 27.7 Å². The zero-order valence-electron chi connectivity index (χ0n) is 42.7. The molecular weight excluding hydrogens is 981 g/mol. The van der Waals surface area contributed by atoms with Gasteiger partial charge >= 0.3 is 0 Å². The Balaban J connectivity index is 0.820. The van der Waals surface area contributed by atoms with Crippen LogP contribution in [0.3, 0.4) is 0 Å². The fraction of sp³-hybridized carbons (Fsp3) is 1.00. The van der Waals surface area contributed by atoms with E-state index in [-0.39, 0.29) is 23.0 Å². The Morgan fingerprint density at radius 2 is 1.01 bits per heavy atom. The van der Waals surface area contributed by atoms with E-state index in [2.05, 4.69) is 27.7 Å². The van der Waals surface area contributed by atoms with Crippen molar-refractivity contribution in [3.05, 3.63) is 0 Å². The highest BCUT2D eigenvalue weighted by Gasteiger charge is 2.69. The molecule has 10 aliphatic rings. The first-order valence-corrected chi connectivity index (χ1v) is 27.3. The predicted octanol–water partition coefficient (Wildman–Crippen LogP) is -2.91. The predicted molar refractivity (Wildman–Crippen MR) is 248 cm³/mol. The Morgan fingerprint density at radius 1 is 0.473 bits per heavy atom. The summed E-state index contributed by atoms with van der Waals surface area (Å²) < 4.78 is 61.6. The Bertz CT molecular complexity index is 1880. The van der Waals surface area contributed by atoms with Gasteiger partial charge in [-0.3, -0.25) is 0 Å². The van der Waals surface area contributed by atoms with Crippen LogP contribution in [0.4, 0.5) is 0 Å². The molecule has 23 nitrogen and oxygen atoms in total. The molecule has 74 heavy (non-hydrogen) atoms. The summed E-state index contributed by atoms with van der Waals surface area (Å²) in [7, 11) is 0. The highest BCUT2D eigenvalue weighted by molar-refractivity contribution is 5.15. The largest absolute Gasteiger partial charge is 0.394 e. The zero-order valence-corrected chi connectivity index (χ0v) is 42.7. The minimum Gasteiger partial charge on any atom is -0.394 e. The van der Waals surface area contributed by atoms with E-state index in [4.69, 9.17) is 47.4 Å². The molecule has 426 valence electrons. The molecule has 6 aliphatic heterocycles. The second-order valence-corrected chi connectivity index (χ2v) is 24.3. The van der Waals surface area contributed by atoms with Crippen molar-refractivity contribution in [1.82, 2.24) is 0 Å². The third-order valence-corrected chi connectivity index (χ3v) is 20.4. The minimum absolute atomic E-state index is 0.0782. The van der Waals surface area contributed by atoms with Crippen molar-refractivity contribution in [1.29, 1.82) is 0 Å². The smallest absolute Gasteiger partial charge is 0.187 e. The summed E-state index contributed by atoms with van der Waals surface area (Å²) in [4.78, 5) is 0. The highest BCUT2D eigenvalue weighted by Crippen LogP contribution is 2.71. The first-order valence-electron chi connectivity index (χ1n) is 27.3. The third kappa shape index (κ3) is 9.56. The minimum atomic E-state index is -2.03. The lowest BCUT2D eigenvalue weighted by Crippen LogP contribution is -2.68. The van der Waals surface area contributed by atoms with Crippen LogP contribution in [0.2, 0.25) is 0 Å². The van der Waals surface area contributed by atoms with E-state index < -0.39 is 155 Å². The van der Waals surface area contributed by atoms with Crippen LogP contribution in [0.25, 0.3) is 0 Å². The van der Waals surface area contributed by atoms with E-state index in [1.54, 1.807) is 0 Å². The summed E-state index contributed by atoms with van der Waals surface area (Å²) in [5.74, 6) is 2.99. The van der Waals surface area contributed by atoms with Gasteiger partial charge in [-0.15, -0.1) is 0 Å². The molecule has 0 aromatic heterocycles. The van der Waals surface area contributed by atoms with Gasteiger partial charge in [0.1, 0.15) is 97.7 Å². The Morgan fingerprint density at radius 3 is 1.62 bits per heavy atom. The summed E-state index contributed by atoms with van der Waals surface area (Å²) in [5.41, 5.74) is 0.270. The standard InChI is InChI=1S/C51H84O23/c1-20-7-12-51(65-19-20)21(2)32-27(74-51)14-26-24-6-5-22-13-23(8-10-49(22,3)25(24)9-11-50(26,32)4)66-45-41(64)38(61)42(31(18-55)70-45)71-48-44(73-47-40(63)37(60)34(57)29(16-53)68-47)43(35(58)30(17-54)69-48)72-46-39(62)36(59)33(56)28(15-52)67-46/h20-48,52-64H,5-19H2,1-4H3/t20-,21+,22+,23+,24-,25+,26+,27?,28-,29-,30-,31-,32?,33-,34-,35-,36+,37+,38-,39-,40-,41-,42+,43+,44-,45-,46+,47+,48+,49+,50+,51-/m1/s1. The topological polar surface area (TPSA) is 355 Å². The fourth-order valence-electron chi connectivity index (χ4n) is 16.2. The number of ether oxygens (including phenoxy) is 10. The molecule has 1 spiro atoms. The molecule has 6 heterocycles. The second kappa shape index (κ2) is 21.9. The van der Waals surface area contributed by atoms with Crippen molar-refractivity contribution in [2.75, 3.05) is 33.0 Å². The summed E-state index contributed by atoms with van der Waals surface area (Å²) in [5, 5.41) is 140. The first-order chi connectivity index (χ1) is 35.2. The lowest BCUT2D eigenvalue weighted by molar-refractivity contribution is -0.406. The summed E-state index contributed by atoms with van der Waals surface area (Å²) in [6, 6.07) is 0. The Labute approximate surface area is 430 Å². The SMILES string of the molecule is C[C@@H]1CC[C@@]2(OC1)OC1C[C@H]3[C@@H]4CC[C@H]5C[C@@H](O[C@@H]6O[C@H](CO)[C@H](O[C@@H]7O[C@H](CO)[C@@H](O)[C@H](O[C@@H]8O[C@H](CO)[C@@H](O)[C@H](O)[C@H]8O)[C@H]7O[C@@H]7O[C@H](CO)[C@@H](O)[C@H](O)[C@H]7O)[C@H](O)[C@H]6O)CC[C@]5(C)[C@H]4CC[C@]3(C)C1[C@@H]2C. The van der Waals surface area contributed by atoms with Crippen LogP contribution in [0.1, 0.15) is 91.9 Å². The normalized spacial score (nSPS) is 57.6. The number of hydrogen-bond donors (Lipinski definition) is 13. The second-order valence-electron chi connectivity index (χ2n) is 24.3. The van der Waals surface area contributed by atoms with Crippen LogP contribution in [0.5, 0.6) is 0 Å². The van der Waals surface area contributed by atoms with Crippen LogP contribution in [-0.2, 0) is 47.4 Å². The van der Waals surface area contributed by atoms with Gasteiger partial charge in [-0.2, -0.15) is 0 Å². The quantitative estimate of drug-likeness (QED) is 0.0872. The molecule has 13 N–H and O–H groups in total. The molecule has 10 fully saturated rings. The van der Waals surface area contributed by atoms with Gasteiger partial charge in [-0.05, 0) is 104 Å². The number of aliphatic hydroxyl groups excluding tert-OH is 13. The number of hydrogen-bond acceptors (Lipinski definition) is 23. The number of aliphatic hydroxyl groups is 13. The van der Waals surface area contributed by atoms with Gasteiger partial charge in [0.2, 0.25) is 0 Å². The monoisotopic (exact) mass is 1060 g/mol. The van der Waals surface area contributed by atoms with E-state index in [0.717, 1.165) is 58.0 Å². The van der Waals surface area contributed by atoms with Gasteiger partial charge in [0.15, 0.2) is 30.9 Å². The van der Waals surface area contributed by atoms with Crippen LogP contribution in [0.15, 0.2) is 0 Å². The lowest BCUT2D eigenvalue weighted by Gasteiger charge is -2.61. The van der Waals surface area contributed by atoms with Crippen molar-refractivity contribution in [2.45, 2.75) is 233 Å². The Hall–Kier alpha value is -0.920. The molecule has 23 heteroatoms. The van der Waals surface area contributed by atoms with Crippen molar-refractivity contribution in [3.8, 4) is 0 Å². The number of fused-ring (bicyclic) bond motifs is 7. The van der Waals surface area contributed by atoms with E-state index in [0.29, 0.717) is 54.3 Å². The third-order valence-electron chi connectivity index (χ3n) is 20.4. The summed E-state index contributed by atoms with van der Waals surface area (Å²) >= 11 is 0. The lowest BCUT2D eigenvalue weighted by atomic mass is 9.44. The van der Waals surface area contributed by atoms with Crippen LogP contribution < -0.4 is 0 Å². The molecule has 6 saturated heterocycles. The van der Waals surface area contributed by atoms with Gasteiger partial charge in [0.25, 0.3) is 0 Å². The van der Waals surface area contributed by atoms with Gasteiger partial charge in [0.05, 0.1) is 45.2 Å². The van der Waals surface area contributed by atoms with Gasteiger partial charge in [-0.25, -0.2) is 0 Å². The van der Waals surface area contributed by atoms with E-state index in [9.17, 15) is 66.4 Å². The molecule has 0 amide bonds. The first kappa shape index (κ1) is 56.4. The molecule has 10 rings (SSSR count). The molecule has 4 aliphatic carbocycles. The van der Waals surface area contributed by atoms with Crippen molar-refractivity contribution in [2.24, 2.45) is 52.3 Å². The molecule has 2 unspecified atom stereocenters. The molecule has 0 bridgehead atoms. The van der Waals surface area contributed by atoms with E-state index >= 15 is 0 Å². The molecule has 0 aromatic rings. The molecule has 4 saturated carbocycles. The maximum Gasteiger partial charge on any atom is 0.187 e. The van der Waals surface area contributed by atoms with Crippen LogP contribution in [-0.4, -0.2) is 240 Å². The molecular formula is C51H84O23. The molecule has 32 atom stereocenters. The molecule has 0 radical (unpaired) electrons. The maximum absolute atomic E-state index is 11.8. The average Bonchev–Trinajstić information content (AvgIpc) is 3.84. The summed E-state index contributed by atoms with van der Waals surface area (Å²) in [6.45, 7) is 6.96. The highest BCUT2D eigenvalue weighted by atomic mass is 16.8. The van der Waals surface area contributed by atoms with Crippen LogP contribution in [0, 0.1) is 52.3 Å². The van der Waals surface area contributed by atoms with Gasteiger partial charge < -0.3 is 114 Å². The maximum atomic E-state index is 11.8. The summed E-state index contributed by atoms with van der Waals surface area (Å²) in [6.07, 6.45) is -25.9. The van der Waals surface area contributed by atoms with Crippen molar-refractivity contribution >= 4 is 0 Å². The van der Waals surface area contributed by atoms with Crippen LogP contribution >= 0.6 is 0 Å². The van der Waals surface area contributed by atoms with Crippen molar-refractivity contribution < 1.29 is 114 Å². The fourth-order valence-corrected chi connectivity index (χ4v) is 16.2. The van der Waals surface area contributed by atoms with Gasteiger partial charge in [0, 0.05) is 12.3 Å². The average molecular weight is 1070 g/mol. The Kier molecular flexibility index (Phi) is 16.6. The number of rotatable bonds is 12.